The lowest BCUT2D eigenvalue weighted by molar-refractivity contribution is -0.161. The SMILES string of the molecule is CC/C=C\C/C=C\C/C=C\C/C=C\C/C=C\CCCCCCCCCCCC(=O)OCC(COP(=O)(O)OCC(O)COP(=O)(O)OCC(O)COC(=O)CCCCCCCCCCCCCCCCCCCCC/C=C\C/C=C\C/C=C\C/C=C\CCCCC)OC(=O)CCCCCCC/C=C\C/C=C\CCC. The Labute approximate surface area is 665 Å². The maximum atomic E-state index is 13.0. The highest BCUT2D eigenvalue weighted by Gasteiger charge is 2.29. The van der Waals surface area contributed by atoms with E-state index in [0.29, 0.717) is 19.3 Å². The van der Waals surface area contributed by atoms with Crippen molar-refractivity contribution in [1.29, 1.82) is 0 Å². The van der Waals surface area contributed by atoms with Gasteiger partial charge < -0.3 is 34.2 Å². The minimum absolute atomic E-state index is 0.0851. The second-order valence-corrected chi connectivity index (χ2v) is 31.9. The molecule has 0 rings (SSSR count). The molecule has 0 aromatic rings. The van der Waals surface area contributed by atoms with Crippen molar-refractivity contribution >= 4 is 33.6 Å². The fourth-order valence-corrected chi connectivity index (χ4v) is 13.3. The predicted octanol–water partition coefficient (Wildman–Crippen LogP) is 26.2. The lowest BCUT2D eigenvalue weighted by atomic mass is 10.0. The van der Waals surface area contributed by atoms with Gasteiger partial charge in [-0.2, -0.15) is 0 Å². The Morgan fingerprint density at radius 3 is 0.807 bits per heavy atom. The number of carbonyl (C=O) groups excluding carboxylic acids is 3. The smallest absolute Gasteiger partial charge is 0.463 e. The Kier molecular flexibility index (Phi) is 79.8. The average molecular weight is 1570 g/mol. The van der Waals surface area contributed by atoms with Crippen molar-refractivity contribution in [3.8, 4) is 0 Å². The summed E-state index contributed by atoms with van der Waals surface area (Å²) in [5.41, 5.74) is 0. The van der Waals surface area contributed by atoms with E-state index in [1.807, 2.05) is 0 Å². The van der Waals surface area contributed by atoms with Gasteiger partial charge in [0.15, 0.2) is 6.10 Å². The molecular weight excluding hydrogens is 1410 g/mol. The lowest BCUT2D eigenvalue weighted by Gasteiger charge is -2.21. The molecule has 16 nitrogen and oxygen atoms in total. The summed E-state index contributed by atoms with van der Waals surface area (Å²) in [4.78, 5) is 58.7. The van der Waals surface area contributed by atoms with Crippen molar-refractivity contribution < 1.29 is 75.8 Å². The van der Waals surface area contributed by atoms with E-state index < -0.39 is 91.5 Å². The summed E-state index contributed by atoms with van der Waals surface area (Å²) in [6.45, 7) is 2.48. The van der Waals surface area contributed by atoms with Gasteiger partial charge in [0.25, 0.3) is 0 Å². The molecule has 0 aliphatic heterocycles. The van der Waals surface area contributed by atoms with Crippen molar-refractivity contribution in [2.45, 2.75) is 386 Å². The van der Waals surface area contributed by atoms with Crippen LogP contribution in [0.4, 0.5) is 0 Å². The molecule has 0 aromatic carbocycles. The monoisotopic (exact) mass is 1570 g/mol. The third kappa shape index (κ3) is 84.4. The molecule has 4 N–H and O–H groups in total. The van der Waals surface area contributed by atoms with Crippen molar-refractivity contribution in [2.75, 3.05) is 39.6 Å². The molecule has 0 aromatic heterocycles. The number of unbranched alkanes of at least 4 members (excludes halogenated alkanes) is 37. The van der Waals surface area contributed by atoms with Crippen LogP contribution in [0.15, 0.2) is 134 Å². The van der Waals surface area contributed by atoms with Crippen molar-refractivity contribution in [3.05, 3.63) is 134 Å². The summed E-state index contributed by atoms with van der Waals surface area (Å²) in [6, 6.07) is 0. The van der Waals surface area contributed by atoms with Gasteiger partial charge in [-0.15, -0.1) is 0 Å². The lowest BCUT2D eigenvalue weighted by Crippen LogP contribution is -2.30. The number of aliphatic hydroxyl groups is 2. The normalized spacial score (nSPS) is 14.5. The number of esters is 3. The van der Waals surface area contributed by atoms with E-state index >= 15 is 0 Å². The molecule has 0 aliphatic rings. The second kappa shape index (κ2) is 83.1. The number of rotatable bonds is 82. The van der Waals surface area contributed by atoms with E-state index in [2.05, 4.69) is 154 Å². The van der Waals surface area contributed by atoms with Gasteiger partial charge in [0.1, 0.15) is 25.4 Å². The number of ether oxygens (including phenoxy) is 3. The molecule has 5 unspecified atom stereocenters. The number of carbonyl (C=O) groups is 3. The summed E-state index contributed by atoms with van der Waals surface area (Å²) in [5.74, 6) is -1.59. The minimum atomic E-state index is -4.94. The summed E-state index contributed by atoms with van der Waals surface area (Å²) in [5, 5.41) is 20.7. The van der Waals surface area contributed by atoms with Crippen LogP contribution in [0.2, 0.25) is 0 Å². The van der Waals surface area contributed by atoms with Gasteiger partial charge in [-0.25, -0.2) is 9.13 Å². The molecule has 18 heteroatoms. The maximum Gasteiger partial charge on any atom is 0.472 e. The van der Waals surface area contributed by atoms with Crippen molar-refractivity contribution in [3.63, 3.8) is 0 Å². The summed E-state index contributed by atoms with van der Waals surface area (Å²) in [6.07, 6.45) is 102. The van der Waals surface area contributed by atoms with Crippen LogP contribution in [0.1, 0.15) is 367 Å². The number of phosphoric ester groups is 2. The largest absolute Gasteiger partial charge is 0.472 e. The van der Waals surface area contributed by atoms with Crippen LogP contribution in [-0.4, -0.2) is 95.9 Å². The summed E-state index contributed by atoms with van der Waals surface area (Å²) < 4.78 is 61.2. The van der Waals surface area contributed by atoms with Crippen LogP contribution in [0.5, 0.6) is 0 Å². The Bertz CT molecular complexity index is 2510. The first-order valence-electron chi connectivity index (χ1n) is 43.5. The standard InChI is InChI=1S/C91H158O16P2/c1-4-7-10-13-16-19-22-25-27-29-31-33-35-37-38-39-40-41-42-43-44-45-46-48-50-51-53-55-57-60-62-65-68-71-74-77-89(94)101-80-86(92)81-103-108(97,98)104-82-87(93)83-105-109(99,100)106-85-88(107-91(96)79-76-73-70-67-64-59-24-21-18-15-12-9-6-3)84-102-90(95)78-75-72-69-66-63-61-58-56-54-52-49-47-36-34-32-30-28-26-23-20-17-14-11-8-5-2/h8,11-12,15-17,19-21,24-28,31-34,37-38,47,49,86-88,92-93H,4-7,9-10,13-14,18,22-23,29-30,35-36,39-46,48,50-85H2,1-3H3,(H,97,98)(H,99,100)/b11-8-,15-12-,19-16-,20-17-,24-21-,27-25-,28-26-,33-31-,34-32-,38-37-,49-47-. The Balaban J connectivity index is 4.39. The molecule has 0 radical (unpaired) electrons. The van der Waals surface area contributed by atoms with Gasteiger partial charge in [0.05, 0.1) is 26.4 Å². The highest BCUT2D eigenvalue weighted by molar-refractivity contribution is 7.47. The Morgan fingerprint density at radius 1 is 0.266 bits per heavy atom. The number of hydrogen-bond acceptors (Lipinski definition) is 14. The van der Waals surface area contributed by atoms with Gasteiger partial charge in [-0.3, -0.25) is 32.5 Å². The van der Waals surface area contributed by atoms with Crippen LogP contribution < -0.4 is 0 Å². The molecule has 0 spiro atoms. The van der Waals surface area contributed by atoms with Crippen LogP contribution in [0, 0.1) is 0 Å². The molecule has 628 valence electrons. The van der Waals surface area contributed by atoms with E-state index in [1.54, 1.807) is 0 Å². The number of allylic oxidation sites excluding steroid dienone is 22. The first-order chi connectivity index (χ1) is 53.2. The Hall–Kier alpha value is -4.31. The zero-order valence-electron chi connectivity index (χ0n) is 68.9. The van der Waals surface area contributed by atoms with E-state index in [0.717, 1.165) is 154 Å². The summed E-state index contributed by atoms with van der Waals surface area (Å²) in [7, 11) is -9.80. The van der Waals surface area contributed by atoms with Crippen LogP contribution in [0.3, 0.4) is 0 Å². The number of hydrogen-bond donors (Lipinski definition) is 4. The van der Waals surface area contributed by atoms with E-state index in [9.17, 15) is 43.5 Å². The zero-order valence-corrected chi connectivity index (χ0v) is 70.7. The molecule has 109 heavy (non-hydrogen) atoms. The number of aliphatic hydroxyl groups excluding tert-OH is 2. The van der Waals surface area contributed by atoms with Gasteiger partial charge in [0.2, 0.25) is 0 Å². The molecule has 0 fully saturated rings. The molecule has 0 saturated heterocycles. The van der Waals surface area contributed by atoms with E-state index in [1.165, 1.54) is 154 Å². The van der Waals surface area contributed by atoms with Gasteiger partial charge in [-0.05, 0) is 135 Å². The van der Waals surface area contributed by atoms with Crippen LogP contribution in [-0.2, 0) is 55.8 Å². The molecule has 0 heterocycles. The molecule has 0 amide bonds. The first kappa shape index (κ1) is 105. The average Bonchev–Trinajstić information content (AvgIpc) is 0.903. The summed E-state index contributed by atoms with van der Waals surface area (Å²) >= 11 is 0. The highest BCUT2D eigenvalue weighted by Crippen LogP contribution is 2.45. The second-order valence-electron chi connectivity index (χ2n) is 29.0. The zero-order chi connectivity index (χ0) is 79.4. The Morgan fingerprint density at radius 2 is 0.505 bits per heavy atom. The van der Waals surface area contributed by atoms with Crippen LogP contribution >= 0.6 is 15.6 Å². The quantitative estimate of drug-likeness (QED) is 0.0146. The third-order valence-electron chi connectivity index (χ3n) is 18.3. The fourth-order valence-electron chi connectivity index (χ4n) is 11.7. The fraction of sp³-hybridized carbons (Fsp3) is 0.725. The van der Waals surface area contributed by atoms with Crippen molar-refractivity contribution in [1.82, 2.24) is 0 Å². The van der Waals surface area contributed by atoms with Crippen LogP contribution in [0.25, 0.3) is 0 Å². The maximum absolute atomic E-state index is 13.0. The molecule has 0 saturated carbocycles. The predicted molar refractivity (Wildman–Crippen MR) is 454 cm³/mol. The van der Waals surface area contributed by atoms with E-state index in [-0.39, 0.29) is 19.3 Å². The van der Waals surface area contributed by atoms with Gasteiger partial charge >= 0.3 is 33.6 Å². The van der Waals surface area contributed by atoms with E-state index in [4.69, 9.17) is 32.3 Å². The first-order valence-corrected chi connectivity index (χ1v) is 46.5. The molecule has 0 aliphatic carbocycles. The third-order valence-corrected chi connectivity index (χ3v) is 20.2. The minimum Gasteiger partial charge on any atom is -0.463 e. The topological polar surface area (TPSA) is 231 Å². The molecule has 5 atom stereocenters. The van der Waals surface area contributed by atoms with Crippen molar-refractivity contribution in [2.24, 2.45) is 0 Å². The molecular formula is C91H158O16P2. The van der Waals surface area contributed by atoms with Gasteiger partial charge in [0, 0.05) is 19.3 Å². The highest BCUT2D eigenvalue weighted by atomic mass is 31.2. The van der Waals surface area contributed by atoms with Gasteiger partial charge in [-0.1, -0.05) is 347 Å². The molecule has 0 bridgehead atoms. The number of phosphoric acid groups is 2.